The smallest absolute Gasteiger partial charge is 0.120 e. The van der Waals surface area contributed by atoms with Crippen LogP contribution in [0.15, 0.2) is 30.3 Å². The monoisotopic (exact) mass is 308 g/mol. The molecule has 1 atom stereocenters. The Morgan fingerprint density at radius 3 is 2.78 bits per heavy atom. The Kier molecular flexibility index (Phi) is 4.04. The molecule has 2 aliphatic carbocycles. The number of rotatable bonds is 3. The molecule has 0 bridgehead atoms. The summed E-state index contributed by atoms with van der Waals surface area (Å²) in [6.07, 6.45) is 8.42. The van der Waals surface area contributed by atoms with E-state index in [0.29, 0.717) is 18.3 Å². The molecular formula is C20H24N2O. The maximum atomic E-state index is 9.94. The highest BCUT2D eigenvalue weighted by Gasteiger charge is 2.24. The fourth-order valence-electron chi connectivity index (χ4n) is 3.92. The summed E-state index contributed by atoms with van der Waals surface area (Å²) in [6, 6.07) is 10.3. The molecule has 0 amide bonds. The van der Waals surface area contributed by atoms with Crippen molar-refractivity contribution in [2.24, 2.45) is 0 Å². The van der Waals surface area contributed by atoms with Gasteiger partial charge in [0.05, 0.1) is 11.7 Å². The van der Waals surface area contributed by atoms with E-state index in [1.807, 2.05) is 18.2 Å². The van der Waals surface area contributed by atoms with Crippen molar-refractivity contribution in [3.05, 3.63) is 58.4 Å². The first-order valence-electron chi connectivity index (χ1n) is 8.83. The summed E-state index contributed by atoms with van der Waals surface area (Å²) in [5.74, 6) is 0.370. The van der Waals surface area contributed by atoms with Crippen molar-refractivity contribution >= 4 is 0 Å². The molecule has 3 heteroatoms. The highest BCUT2D eigenvalue weighted by atomic mass is 16.3. The van der Waals surface area contributed by atoms with E-state index in [2.05, 4.69) is 11.4 Å². The van der Waals surface area contributed by atoms with Crippen LogP contribution in [0.2, 0.25) is 0 Å². The molecule has 0 radical (unpaired) electrons. The van der Waals surface area contributed by atoms with Crippen molar-refractivity contribution in [2.75, 3.05) is 0 Å². The lowest BCUT2D eigenvalue weighted by Gasteiger charge is -2.28. The molecule has 0 spiro atoms. The van der Waals surface area contributed by atoms with Crippen molar-refractivity contribution < 1.29 is 5.11 Å². The summed E-state index contributed by atoms with van der Waals surface area (Å²) in [7, 11) is 0. The standard InChI is InChI=1S/C20H24N2O/c23-19-11-4-2-7-16(19)13-21-18-10-5-8-15-12-14-6-1-3-9-17(14)22-20(15)18/h2,4,7,11-12,18,21,23H,1,3,5-6,8-10,13H2/t18-/m1/s1. The van der Waals surface area contributed by atoms with Gasteiger partial charge in [0.1, 0.15) is 5.75 Å². The van der Waals surface area contributed by atoms with Crippen molar-refractivity contribution in [3.8, 4) is 5.75 Å². The molecule has 1 heterocycles. The number of phenols is 1. The first-order chi connectivity index (χ1) is 11.3. The Morgan fingerprint density at radius 1 is 1.04 bits per heavy atom. The van der Waals surface area contributed by atoms with Crippen LogP contribution in [-0.2, 0) is 25.8 Å². The van der Waals surface area contributed by atoms with Gasteiger partial charge in [-0.2, -0.15) is 0 Å². The Morgan fingerprint density at radius 2 is 1.87 bits per heavy atom. The number of aromatic nitrogens is 1. The van der Waals surface area contributed by atoms with Crippen molar-refractivity contribution in [2.45, 2.75) is 57.5 Å². The number of hydrogen-bond acceptors (Lipinski definition) is 3. The number of fused-ring (bicyclic) bond motifs is 2. The van der Waals surface area contributed by atoms with Crippen molar-refractivity contribution in [3.63, 3.8) is 0 Å². The summed E-state index contributed by atoms with van der Waals surface area (Å²) >= 11 is 0. The van der Waals surface area contributed by atoms with E-state index in [9.17, 15) is 5.11 Å². The molecule has 2 N–H and O–H groups in total. The zero-order valence-corrected chi connectivity index (χ0v) is 13.5. The summed E-state index contributed by atoms with van der Waals surface area (Å²) in [5, 5.41) is 13.6. The van der Waals surface area contributed by atoms with Crippen LogP contribution in [0.4, 0.5) is 0 Å². The Hall–Kier alpha value is -1.87. The van der Waals surface area contributed by atoms with Crippen molar-refractivity contribution in [1.82, 2.24) is 10.3 Å². The molecule has 0 unspecified atom stereocenters. The zero-order chi connectivity index (χ0) is 15.6. The van der Waals surface area contributed by atoms with Gasteiger partial charge in [-0.25, -0.2) is 0 Å². The quantitative estimate of drug-likeness (QED) is 0.905. The predicted molar refractivity (Wildman–Crippen MR) is 91.5 cm³/mol. The predicted octanol–water partition coefficient (Wildman–Crippen LogP) is 3.83. The summed E-state index contributed by atoms with van der Waals surface area (Å²) in [6.45, 7) is 0.690. The third-order valence-electron chi connectivity index (χ3n) is 5.21. The molecule has 0 saturated carbocycles. The third kappa shape index (κ3) is 2.98. The van der Waals surface area contributed by atoms with Gasteiger partial charge in [0, 0.05) is 17.8 Å². The number of benzene rings is 1. The number of nitrogens with zero attached hydrogens (tertiary/aromatic N) is 1. The molecule has 23 heavy (non-hydrogen) atoms. The van der Waals surface area contributed by atoms with Gasteiger partial charge in [-0.3, -0.25) is 4.98 Å². The highest BCUT2D eigenvalue weighted by molar-refractivity contribution is 5.36. The van der Waals surface area contributed by atoms with Crippen LogP contribution in [0, 0.1) is 0 Å². The van der Waals surface area contributed by atoms with Gasteiger partial charge in [0.2, 0.25) is 0 Å². The van der Waals surface area contributed by atoms with E-state index < -0.39 is 0 Å². The number of phenolic OH excluding ortho intramolecular Hbond substituents is 1. The molecule has 2 aliphatic rings. The van der Waals surface area contributed by atoms with Crippen LogP contribution in [0.5, 0.6) is 5.75 Å². The number of pyridine rings is 1. The molecule has 0 aliphatic heterocycles. The van der Waals surface area contributed by atoms with Gasteiger partial charge in [-0.15, -0.1) is 0 Å². The molecule has 0 saturated heterocycles. The fourth-order valence-corrected chi connectivity index (χ4v) is 3.92. The Bertz CT molecular complexity index is 711. The van der Waals surface area contributed by atoms with Gasteiger partial charge >= 0.3 is 0 Å². The van der Waals surface area contributed by atoms with Crippen LogP contribution < -0.4 is 5.32 Å². The Labute approximate surface area is 137 Å². The minimum absolute atomic E-state index is 0.311. The first-order valence-corrected chi connectivity index (χ1v) is 8.83. The topological polar surface area (TPSA) is 45.1 Å². The van der Waals surface area contributed by atoms with Crippen LogP contribution in [-0.4, -0.2) is 10.1 Å². The molecule has 2 aromatic rings. The normalized spacial score (nSPS) is 19.9. The molecule has 4 rings (SSSR count). The van der Waals surface area contributed by atoms with Crippen LogP contribution >= 0.6 is 0 Å². The lowest BCUT2D eigenvalue weighted by molar-refractivity contribution is 0.429. The van der Waals surface area contributed by atoms with Gasteiger partial charge in [-0.05, 0) is 62.1 Å². The number of aromatic hydroxyl groups is 1. The second-order valence-corrected chi connectivity index (χ2v) is 6.80. The second kappa shape index (κ2) is 6.32. The van der Waals surface area contributed by atoms with Gasteiger partial charge in [-0.1, -0.05) is 24.3 Å². The highest BCUT2D eigenvalue weighted by Crippen LogP contribution is 2.32. The fraction of sp³-hybridized carbons (Fsp3) is 0.450. The van der Waals surface area contributed by atoms with E-state index >= 15 is 0 Å². The molecule has 120 valence electrons. The average Bonchev–Trinajstić information content (AvgIpc) is 2.59. The maximum absolute atomic E-state index is 9.94. The van der Waals surface area contributed by atoms with Gasteiger partial charge in [0.25, 0.3) is 0 Å². The van der Waals surface area contributed by atoms with Gasteiger partial charge < -0.3 is 10.4 Å². The number of aryl methyl sites for hydroxylation is 3. The van der Waals surface area contributed by atoms with E-state index in [-0.39, 0.29) is 0 Å². The van der Waals surface area contributed by atoms with E-state index in [0.717, 1.165) is 24.8 Å². The third-order valence-corrected chi connectivity index (χ3v) is 5.21. The maximum Gasteiger partial charge on any atom is 0.120 e. The van der Waals surface area contributed by atoms with E-state index in [4.69, 9.17) is 4.98 Å². The van der Waals surface area contributed by atoms with Crippen molar-refractivity contribution in [1.29, 1.82) is 0 Å². The minimum Gasteiger partial charge on any atom is -0.508 e. The van der Waals surface area contributed by atoms with Crippen LogP contribution in [0.1, 0.15) is 59.8 Å². The minimum atomic E-state index is 0.311. The molecule has 1 aromatic heterocycles. The summed E-state index contributed by atoms with van der Waals surface area (Å²) in [4.78, 5) is 5.04. The number of para-hydroxylation sites is 1. The number of nitrogens with one attached hydrogen (secondary N) is 1. The SMILES string of the molecule is Oc1ccccc1CN[C@@H]1CCCc2cc3c(nc21)CCCC3. The lowest BCUT2D eigenvalue weighted by Crippen LogP contribution is -2.27. The Balaban J connectivity index is 1.56. The lowest BCUT2D eigenvalue weighted by atomic mass is 9.87. The molecule has 0 fully saturated rings. The van der Waals surface area contributed by atoms with Gasteiger partial charge in [0.15, 0.2) is 0 Å². The van der Waals surface area contributed by atoms with E-state index in [1.165, 1.54) is 48.2 Å². The average molecular weight is 308 g/mol. The molecular weight excluding hydrogens is 284 g/mol. The number of hydrogen-bond donors (Lipinski definition) is 2. The van der Waals surface area contributed by atoms with Crippen LogP contribution in [0.25, 0.3) is 0 Å². The van der Waals surface area contributed by atoms with Crippen LogP contribution in [0.3, 0.4) is 0 Å². The molecule has 1 aromatic carbocycles. The van der Waals surface area contributed by atoms with E-state index in [1.54, 1.807) is 6.07 Å². The second-order valence-electron chi connectivity index (χ2n) is 6.80. The largest absolute Gasteiger partial charge is 0.508 e. The summed E-state index contributed by atoms with van der Waals surface area (Å²) < 4.78 is 0. The summed E-state index contributed by atoms with van der Waals surface area (Å²) in [5.41, 5.74) is 6.46. The zero-order valence-electron chi connectivity index (χ0n) is 13.5. The molecule has 3 nitrogen and oxygen atoms in total. The first kappa shape index (κ1) is 14.7.